The number of hydrogen-bond donors (Lipinski definition) is 0. The van der Waals surface area contributed by atoms with E-state index in [2.05, 4.69) is 33.8 Å². The molecule has 5 nitrogen and oxygen atoms in total. The topological polar surface area (TPSA) is 54.7 Å². The summed E-state index contributed by atoms with van der Waals surface area (Å²) in [4.78, 5) is 30.8. The zero-order valence-electron chi connectivity index (χ0n) is 17.6. The number of rotatable bonds is 3. The van der Waals surface area contributed by atoms with Gasteiger partial charge in [0.2, 0.25) is 0 Å². The van der Waals surface area contributed by atoms with Crippen molar-refractivity contribution in [3.63, 3.8) is 0 Å². The molecule has 1 aromatic heterocycles. The summed E-state index contributed by atoms with van der Waals surface area (Å²) in [7, 11) is 3.29. The molecular formula is C26H21N3O2. The van der Waals surface area contributed by atoms with Crippen LogP contribution in [0.4, 0.5) is 0 Å². The van der Waals surface area contributed by atoms with Gasteiger partial charge in [0.05, 0.1) is 27.8 Å². The van der Waals surface area contributed by atoms with E-state index in [1.807, 2.05) is 49.5 Å². The van der Waals surface area contributed by atoms with Gasteiger partial charge in [-0.25, -0.2) is 0 Å². The van der Waals surface area contributed by atoms with Crippen LogP contribution in [-0.4, -0.2) is 41.6 Å². The minimum Gasteiger partial charge on any atom is -0.308 e. The molecule has 0 atom stereocenters. The molecule has 0 saturated heterocycles. The van der Waals surface area contributed by atoms with Gasteiger partial charge >= 0.3 is 0 Å². The molecule has 0 spiro atoms. The molecule has 31 heavy (non-hydrogen) atoms. The van der Waals surface area contributed by atoms with Crippen LogP contribution in [0.1, 0.15) is 33.2 Å². The Morgan fingerprint density at radius 1 is 0.903 bits per heavy atom. The molecule has 0 radical (unpaired) electrons. The van der Waals surface area contributed by atoms with Crippen molar-refractivity contribution < 1.29 is 9.59 Å². The predicted octanol–water partition coefficient (Wildman–Crippen LogP) is 5.11. The Hall–Kier alpha value is -3.99. The third-order valence-electron chi connectivity index (χ3n) is 5.92. The van der Waals surface area contributed by atoms with Crippen LogP contribution in [0.25, 0.3) is 33.1 Å². The third kappa shape index (κ3) is 2.66. The highest BCUT2D eigenvalue weighted by Crippen LogP contribution is 2.36. The number of aromatic nitrogens is 1. The Morgan fingerprint density at radius 2 is 1.68 bits per heavy atom. The highest BCUT2D eigenvalue weighted by Gasteiger charge is 2.35. The number of carbonyl (C=O) groups is 2. The minimum absolute atomic E-state index is 0.263. The van der Waals surface area contributed by atoms with Crippen LogP contribution in [0.2, 0.25) is 0 Å². The van der Waals surface area contributed by atoms with Crippen molar-refractivity contribution in [1.82, 2.24) is 9.47 Å². The van der Waals surface area contributed by atoms with Crippen molar-refractivity contribution in [1.29, 1.82) is 0 Å². The number of hydrogen-bond acceptors (Lipinski definition) is 3. The fourth-order valence-electron chi connectivity index (χ4n) is 4.44. The summed E-state index contributed by atoms with van der Waals surface area (Å²) in [6.07, 6.45) is 3.89. The fraction of sp³-hybridized carbons (Fsp3) is 0.115. The van der Waals surface area contributed by atoms with Crippen LogP contribution in [0.15, 0.2) is 71.7 Å². The van der Waals surface area contributed by atoms with Gasteiger partial charge in [-0.1, -0.05) is 36.4 Å². The van der Waals surface area contributed by atoms with Crippen LogP contribution < -0.4 is 0 Å². The van der Waals surface area contributed by atoms with Crippen molar-refractivity contribution in [2.45, 2.75) is 6.92 Å². The molecule has 3 aromatic carbocycles. The van der Waals surface area contributed by atoms with Gasteiger partial charge in [-0.05, 0) is 48.4 Å². The van der Waals surface area contributed by atoms with Gasteiger partial charge in [0, 0.05) is 31.1 Å². The maximum atomic E-state index is 12.9. The molecule has 0 unspecified atom stereocenters. The molecule has 152 valence electrons. The molecule has 2 heterocycles. The number of carbonyl (C=O) groups excluding carboxylic acids is 2. The quantitative estimate of drug-likeness (QED) is 0.350. The molecule has 0 aliphatic carbocycles. The second-order valence-corrected chi connectivity index (χ2v) is 7.58. The van der Waals surface area contributed by atoms with Gasteiger partial charge in [-0.3, -0.25) is 19.5 Å². The summed E-state index contributed by atoms with van der Waals surface area (Å²) in [6, 6.07) is 19.9. The lowest BCUT2D eigenvalue weighted by Crippen LogP contribution is -2.24. The standard InChI is InChI=1S/C26H21N3O2/c1-4-16(15-27-2)17-12-13-22-20(14-17)18-8-5-6-10-21(18)29(22)23-11-7-9-19-24(23)26(31)28(3)25(19)30/h4-15H,1-3H3/b16-4+,27-15?. The van der Waals surface area contributed by atoms with Crippen LogP contribution >= 0.6 is 0 Å². The molecule has 2 amide bonds. The highest BCUT2D eigenvalue weighted by molar-refractivity contribution is 6.23. The molecule has 0 bridgehead atoms. The highest BCUT2D eigenvalue weighted by atomic mass is 16.2. The summed E-state index contributed by atoms with van der Waals surface area (Å²) in [5, 5.41) is 2.17. The zero-order chi connectivity index (χ0) is 21.7. The number of aliphatic imine (C=N–C) groups is 1. The average Bonchev–Trinajstić information content (AvgIpc) is 3.24. The molecule has 1 aliphatic heterocycles. The summed E-state index contributed by atoms with van der Waals surface area (Å²) in [5.41, 5.74) is 5.72. The van der Waals surface area contributed by atoms with E-state index in [1.54, 1.807) is 13.1 Å². The summed E-state index contributed by atoms with van der Waals surface area (Å²) in [5.74, 6) is -0.532. The first-order chi connectivity index (χ1) is 15.1. The van der Waals surface area contributed by atoms with Gasteiger partial charge in [0.25, 0.3) is 11.8 Å². The van der Waals surface area contributed by atoms with E-state index in [4.69, 9.17) is 0 Å². The minimum atomic E-state index is -0.270. The first-order valence-electron chi connectivity index (χ1n) is 10.1. The Bertz CT molecular complexity index is 1460. The van der Waals surface area contributed by atoms with Crippen LogP contribution in [-0.2, 0) is 0 Å². The van der Waals surface area contributed by atoms with Crippen molar-refractivity contribution in [3.05, 3.63) is 83.4 Å². The number of nitrogens with zero attached hydrogens (tertiary/aromatic N) is 3. The first kappa shape index (κ1) is 19.0. The van der Waals surface area contributed by atoms with Gasteiger partial charge in [-0.15, -0.1) is 0 Å². The van der Waals surface area contributed by atoms with E-state index < -0.39 is 0 Å². The lowest BCUT2D eigenvalue weighted by atomic mass is 10.0. The monoisotopic (exact) mass is 407 g/mol. The first-order valence-corrected chi connectivity index (χ1v) is 10.1. The molecule has 0 N–H and O–H groups in total. The van der Waals surface area contributed by atoms with Crippen molar-refractivity contribution in [2.75, 3.05) is 14.1 Å². The molecule has 5 heteroatoms. The van der Waals surface area contributed by atoms with Gasteiger partial charge < -0.3 is 4.57 Å². The zero-order valence-corrected chi connectivity index (χ0v) is 17.6. The largest absolute Gasteiger partial charge is 0.308 e. The molecule has 5 rings (SSSR count). The number of amides is 2. The van der Waals surface area contributed by atoms with Crippen LogP contribution in [0, 0.1) is 0 Å². The molecule has 4 aromatic rings. The SMILES string of the molecule is C/C=C(\C=NC)c1ccc2c(c1)c1ccccc1n2-c1cccc2c1C(=O)N(C)C2=O. The van der Waals surface area contributed by atoms with Crippen LogP contribution in [0.5, 0.6) is 0 Å². The Balaban J connectivity index is 1.86. The lowest BCUT2D eigenvalue weighted by Gasteiger charge is -2.12. The van der Waals surface area contributed by atoms with Crippen molar-refractivity contribution in [3.8, 4) is 5.69 Å². The smallest absolute Gasteiger partial charge is 0.263 e. The second kappa shape index (κ2) is 7.06. The maximum absolute atomic E-state index is 12.9. The molecule has 0 saturated carbocycles. The lowest BCUT2D eigenvalue weighted by molar-refractivity contribution is 0.0693. The fourth-order valence-corrected chi connectivity index (χ4v) is 4.44. The van der Waals surface area contributed by atoms with E-state index in [9.17, 15) is 9.59 Å². The van der Waals surface area contributed by atoms with Gasteiger partial charge in [0.15, 0.2) is 0 Å². The number of allylic oxidation sites excluding steroid dienone is 2. The molecular weight excluding hydrogens is 386 g/mol. The number of imide groups is 1. The van der Waals surface area contributed by atoms with Crippen molar-refractivity contribution >= 4 is 45.4 Å². The van der Waals surface area contributed by atoms with E-state index >= 15 is 0 Å². The average molecular weight is 407 g/mol. The third-order valence-corrected chi connectivity index (χ3v) is 5.92. The number of para-hydroxylation sites is 1. The van der Waals surface area contributed by atoms with Crippen molar-refractivity contribution in [2.24, 2.45) is 4.99 Å². The number of benzene rings is 3. The van der Waals surface area contributed by atoms with Gasteiger partial charge in [-0.2, -0.15) is 0 Å². The number of fused-ring (bicyclic) bond motifs is 4. The summed E-state index contributed by atoms with van der Waals surface area (Å²) in [6.45, 7) is 2.00. The second-order valence-electron chi connectivity index (χ2n) is 7.58. The van der Waals surface area contributed by atoms with Crippen LogP contribution in [0.3, 0.4) is 0 Å². The van der Waals surface area contributed by atoms with Gasteiger partial charge in [0.1, 0.15) is 0 Å². The Labute approximate surface area is 179 Å². The Morgan fingerprint density at radius 3 is 2.45 bits per heavy atom. The Kier molecular flexibility index (Phi) is 4.33. The van der Waals surface area contributed by atoms with E-state index in [-0.39, 0.29) is 11.8 Å². The van der Waals surface area contributed by atoms with E-state index in [0.717, 1.165) is 38.6 Å². The van der Waals surface area contributed by atoms with E-state index in [0.29, 0.717) is 11.1 Å². The molecule has 0 fully saturated rings. The van der Waals surface area contributed by atoms with E-state index in [1.165, 1.54) is 11.9 Å². The maximum Gasteiger partial charge on any atom is 0.263 e. The molecule has 1 aliphatic rings. The predicted molar refractivity (Wildman–Crippen MR) is 125 cm³/mol. The summed E-state index contributed by atoms with van der Waals surface area (Å²) < 4.78 is 2.08. The normalized spacial score (nSPS) is 14.4. The summed E-state index contributed by atoms with van der Waals surface area (Å²) >= 11 is 0.